The Morgan fingerprint density at radius 2 is 1.75 bits per heavy atom. The molecule has 0 aliphatic heterocycles. The number of benzene rings is 2. The third kappa shape index (κ3) is 2.48. The molecule has 1 N–H and O–H groups in total. The topological polar surface area (TPSA) is 12.0 Å². The molecule has 1 aliphatic rings. The van der Waals surface area contributed by atoms with Gasteiger partial charge in [0.25, 0.3) is 0 Å². The van der Waals surface area contributed by atoms with Crippen molar-refractivity contribution in [1.29, 1.82) is 0 Å². The number of fused-ring (bicyclic) bond motifs is 1. The predicted octanol–water partition coefficient (Wildman–Crippen LogP) is 5.37. The standard InChI is InChI=1S/C15H11Cl2F2N/c16-12-6-10(7-13(17)15(12)19)20-14-4-1-8-5-9(18)2-3-11(8)14/h2-3,5-7,14,20H,1,4H2. The van der Waals surface area contributed by atoms with Crippen LogP contribution in [0, 0.1) is 11.6 Å². The highest BCUT2D eigenvalue weighted by Crippen LogP contribution is 2.36. The molecule has 0 bridgehead atoms. The van der Waals surface area contributed by atoms with Crippen molar-refractivity contribution in [2.75, 3.05) is 5.32 Å². The van der Waals surface area contributed by atoms with E-state index in [2.05, 4.69) is 5.32 Å². The summed E-state index contributed by atoms with van der Waals surface area (Å²) >= 11 is 11.6. The van der Waals surface area contributed by atoms with Crippen LogP contribution in [0.25, 0.3) is 0 Å². The van der Waals surface area contributed by atoms with Gasteiger partial charge in [0.1, 0.15) is 5.82 Å². The van der Waals surface area contributed by atoms with E-state index in [0.717, 1.165) is 24.0 Å². The van der Waals surface area contributed by atoms with Gasteiger partial charge in [-0.1, -0.05) is 29.3 Å². The SMILES string of the molecule is Fc1ccc2c(c1)CCC2Nc1cc(Cl)c(F)c(Cl)c1. The Morgan fingerprint density at radius 1 is 1.05 bits per heavy atom. The molecule has 0 heterocycles. The maximum Gasteiger partial charge on any atom is 0.160 e. The highest BCUT2D eigenvalue weighted by molar-refractivity contribution is 6.35. The molecule has 2 aromatic carbocycles. The summed E-state index contributed by atoms with van der Waals surface area (Å²) in [5.41, 5.74) is 2.72. The van der Waals surface area contributed by atoms with Gasteiger partial charge in [0.05, 0.1) is 16.1 Å². The maximum absolute atomic E-state index is 13.4. The van der Waals surface area contributed by atoms with Gasteiger partial charge in [-0.05, 0) is 48.2 Å². The van der Waals surface area contributed by atoms with Crippen LogP contribution in [-0.4, -0.2) is 0 Å². The van der Waals surface area contributed by atoms with Gasteiger partial charge in [-0.2, -0.15) is 0 Å². The van der Waals surface area contributed by atoms with Crippen molar-refractivity contribution in [3.63, 3.8) is 0 Å². The number of anilines is 1. The number of aryl methyl sites for hydroxylation is 1. The minimum absolute atomic E-state index is 0.0164. The van der Waals surface area contributed by atoms with E-state index >= 15 is 0 Å². The van der Waals surface area contributed by atoms with Crippen molar-refractivity contribution in [1.82, 2.24) is 0 Å². The molecule has 0 saturated heterocycles. The van der Waals surface area contributed by atoms with Crippen molar-refractivity contribution in [3.05, 3.63) is 63.1 Å². The summed E-state index contributed by atoms with van der Waals surface area (Å²) in [7, 11) is 0. The third-order valence-electron chi connectivity index (χ3n) is 3.51. The molecule has 1 aliphatic carbocycles. The van der Waals surface area contributed by atoms with Gasteiger partial charge < -0.3 is 5.32 Å². The number of nitrogens with one attached hydrogen (secondary N) is 1. The van der Waals surface area contributed by atoms with Gasteiger partial charge >= 0.3 is 0 Å². The molecular weight excluding hydrogens is 303 g/mol. The number of rotatable bonds is 2. The fourth-order valence-electron chi connectivity index (χ4n) is 2.58. The molecule has 1 unspecified atom stereocenters. The Kier molecular flexibility index (Phi) is 3.57. The highest BCUT2D eigenvalue weighted by Gasteiger charge is 2.23. The van der Waals surface area contributed by atoms with Crippen LogP contribution in [0.15, 0.2) is 30.3 Å². The minimum atomic E-state index is -0.618. The molecule has 0 spiro atoms. The second-order valence-corrected chi connectivity index (χ2v) is 5.65. The fourth-order valence-corrected chi connectivity index (χ4v) is 3.06. The monoisotopic (exact) mass is 313 g/mol. The Morgan fingerprint density at radius 3 is 2.45 bits per heavy atom. The normalized spacial score (nSPS) is 17.1. The lowest BCUT2D eigenvalue weighted by Gasteiger charge is -2.16. The molecule has 0 aromatic heterocycles. The number of hydrogen-bond donors (Lipinski definition) is 1. The van der Waals surface area contributed by atoms with Crippen molar-refractivity contribution in [2.24, 2.45) is 0 Å². The first-order valence-corrected chi connectivity index (χ1v) is 6.99. The van der Waals surface area contributed by atoms with Crippen LogP contribution in [0.3, 0.4) is 0 Å². The third-order valence-corrected chi connectivity index (χ3v) is 4.06. The van der Waals surface area contributed by atoms with E-state index in [1.54, 1.807) is 12.1 Å². The average molecular weight is 314 g/mol. The predicted molar refractivity (Wildman–Crippen MR) is 77.5 cm³/mol. The van der Waals surface area contributed by atoms with Crippen molar-refractivity contribution in [3.8, 4) is 0 Å². The van der Waals surface area contributed by atoms with Gasteiger partial charge in [-0.25, -0.2) is 8.78 Å². The van der Waals surface area contributed by atoms with Gasteiger partial charge in [0.15, 0.2) is 5.82 Å². The Hall–Kier alpha value is -1.32. The van der Waals surface area contributed by atoms with E-state index in [4.69, 9.17) is 23.2 Å². The van der Waals surface area contributed by atoms with E-state index in [0.29, 0.717) is 5.69 Å². The summed E-state index contributed by atoms with van der Waals surface area (Å²) in [5.74, 6) is -0.843. The molecule has 1 nitrogen and oxygen atoms in total. The second-order valence-electron chi connectivity index (χ2n) is 4.83. The van der Waals surface area contributed by atoms with Crippen LogP contribution in [0.1, 0.15) is 23.6 Å². The van der Waals surface area contributed by atoms with Crippen molar-refractivity contribution < 1.29 is 8.78 Å². The molecular formula is C15H11Cl2F2N. The molecule has 104 valence electrons. The zero-order chi connectivity index (χ0) is 14.3. The lowest BCUT2D eigenvalue weighted by Crippen LogP contribution is -2.07. The first-order valence-electron chi connectivity index (χ1n) is 6.24. The van der Waals surface area contributed by atoms with Crippen LogP contribution < -0.4 is 5.32 Å². The van der Waals surface area contributed by atoms with Crippen LogP contribution in [-0.2, 0) is 6.42 Å². The van der Waals surface area contributed by atoms with E-state index < -0.39 is 5.82 Å². The largest absolute Gasteiger partial charge is 0.378 e. The second kappa shape index (κ2) is 5.23. The first-order chi connectivity index (χ1) is 9.54. The summed E-state index contributed by atoms with van der Waals surface area (Å²) in [5, 5.41) is 3.23. The van der Waals surface area contributed by atoms with Gasteiger partial charge in [0.2, 0.25) is 0 Å². The lowest BCUT2D eigenvalue weighted by molar-refractivity contribution is 0.625. The van der Waals surface area contributed by atoms with E-state index in [9.17, 15) is 8.78 Å². The van der Waals surface area contributed by atoms with E-state index in [1.165, 1.54) is 18.2 Å². The quantitative estimate of drug-likeness (QED) is 0.735. The Labute approximate surface area is 125 Å². The highest BCUT2D eigenvalue weighted by atomic mass is 35.5. The molecule has 3 rings (SSSR count). The Balaban J connectivity index is 1.87. The molecule has 0 radical (unpaired) electrons. The van der Waals surface area contributed by atoms with Crippen LogP contribution in [0.5, 0.6) is 0 Å². The molecule has 0 amide bonds. The smallest absolute Gasteiger partial charge is 0.160 e. The molecule has 5 heteroatoms. The van der Waals surface area contributed by atoms with Crippen LogP contribution in [0.2, 0.25) is 10.0 Å². The molecule has 2 aromatic rings. The number of halogens is 4. The van der Waals surface area contributed by atoms with Crippen LogP contribution >= 0.6 is 23.2 Å². The zero-order valence-corrected chi connectivity index (χ0v) is 11.9. The fraction of sp³-hybridized carbons (Fsp3) is 0.200. The molecule has 20 heavy (non-hydrogen) atoms. The summed E-state index contributed by atoms with van der Waals surface area (Å²) in [6, 6.07) is 7.85. The Bertz CT molecular complexity index is 650. The molecule has 0 saturated carbocycles. The minimum Gasteiger partial charge on any atom is -0.378 e. The molecule has 1 atom stereocenters. The summed E-state index contributed by atoms with van der Waals surface area (Å²) in [4.78, 5) is 0. The van der Waals surface area contributed by atoms with Crippen molar-refractivity contribution in [2.45, 2.75) is 18.9 Å². The zero-order valence-electron chi connectivity index (χ0n) is 10.4. The number of hydrogen-bond acceptors (Lipinski definition) is 1. The van der Waals surface area contributed by atoms with Gasteiger partial charge in [0, 0.05) is 5.69 Å². The average Bonchev–Trinajstić information content (AvgIpc) is 2.78. The summed E-state index contributed by atoms with van der Waals surface area (Å²) in [6.07, 6.45) is 1.67. The van der Waals surface area contributed by atoms with Gasteiger partial charge in [-0.3, -0.25) is 0 Å². The van der Waals surface area contributed by atoms with Gasteiger partial charge in [-0.15, -0.1) is 0 Å². The van der Waals surface area contributed by atoms with E-state index in [1.807, 2.05) is 0 Å². The summed E-state index contributed by atoms with van der Waals surface area (Å²) in [6.45, 7) is 0. The van der Waals surface area contributed by atoms with Crippen molar-refractivity contribution >= 4 is 28.9 Å². The first kappa shape index (κ1) is 13.7. The summed E-state index contributed by atoms with van der Waals surface area (Å²) < 4.78 is 26.5. The van der Waals surface area contributed by atoms with Crippen LogP contribution in [0.4, 0.5) is 14.5 Å². The lowest BCUT2D eigenvalue weighted by atomic mass is 10.1. The maximum atomic E-state index is 13.4. The molecule has 0 fully saturated rings. The van der Waals surface area contributed by atoms with E-state index in [-0.39, 0.29) is 21.9 Å².